The van der Waals surface area contributed by atoms with Crippen molar-refractivity contribution in [2.45, 2.75) is 69.2 Å². The second-order valence-electron chi connectivity index (χ2n) is 10.3. The Hall–Kier alpha value is -4.11. The fourth-order valence-electron chi connectivity index (χ4n) is 4.75. The minimum Gasteiger partial charge on any atom is -0.445 e. The summed E-state index contributed by atoms with van der Waals surface area (Å²) in [5.74, 6) is -9.75. The quantitative estimate of drug-likeness (QED) is 0.181. The highest BCUT2D eigenvalue weighted by Gasteiger charge is 2.41. The van der Waals surface area contributed by atoms with E-state index in [4.69, 9.17) is 10.5 Å². The van der Waals surface area contributed by atoms with Crippen LogP contribution >= 0.6 is 0 Å². The van der Waals surface area contributed by atoms with Crippen molar-refractivity contribution in [2.75, 3.05) is 17.6 Å². The molecule has 0 saturated heterocycles. The Balaban J connectivity index is 1.80. The Morgan fingerprint density at radius 3 is 2.23 bits per heavy atom. The van der Waals surface area contributed by atoms with Gasteiger partial charge in [0.15, 0.2) is 5.82 Å². The molecule has 16 heteroatoms. The summed E-state index contributed by atoms with van der Waals surface area (Å²) in [6.07, 6.45) is -11.9. The number of nitrogens with one attached hydrogen (secondary N) is 3. The molecule has 5 N–H and O–H groups in total. The van der Waals surface area contributed by atoms with Crippen LogP contribution in [0.4, 0.5) is 51.3 Å². The zero-order chi connectivity index (χ0) is 32.7. The maximum Gasteiger partial charge on any atom is 0.408 e. The molecular weight excluding hydrogens is 608 g/mol. The first kappa shape index (κ1) is 34.4. The highest BCUT2D eigenvalue weighted by atomic mass is 19.4. The molecule has 1 aliphatic rings. The second kappa shape index (κ2) is 14.6. The molecule has 242 valence electrons. The minimum atomic E-state index is -4.86. The van der Waals surface area contributed by atoms with E-state index in [-0.39, 0.29) is 19.4 Å². The van der Waals surface area contributed by atoms with E-state index in [1.807, 2.05) is 0 Å². The van der Waals surface area contributed by atoms with Crippen molar-refractivity contribution >= 4 is 29.3 Å². The van der Waals surface area contributed by atoms with Gasteiger partial charge < -0.3 is 26.4 Å². The van der Waals surface area contributed by atoms with E-state index in [2.05, 4.69) is 10.6 Å². The van der Waals surface area contributed by atoms with Crippen LogP contribution in [0, 0.1) is 11.7 Å². The molecule has 44 heavy (non-hydrogen) atoms. The average Bonchev–Trinajstić information content (AvgIpc) is 2.95. The molecule has 0 aliphatic heterocycles. The van der Waals surface area contributed by atoms with Gasteiger partial charge in [-0.1, -0.05) is 36.4 Å². The fraction of sp³-hybridized carbons (Fsp3) is 0.464. The highest BCUT2D eigenvalue weighted by Crippen LogP contribution is 2.38. The first-order chi connectivity index (χ1) is 20.6. The van der Waals surface area contributed by atoms with Gasteiger partial charge in [0.05, 0.1) is 17.3 Å². The summed E-state index contributed by atoms with van der Waals surface area (Å²) in [6, 6.07) is 8.81. The van der Waals surface area contributed by atoms with Gasteiger partial charge in [-0.05, 0) is 30.4 Å². The van der Waals surface area contributed by atoms with Crippen LogP contribution in [0.15, 0.2) is 42.5 Å². The van der Waals surface area contributed by atoms with Crippen molar-refractivity contribution in [1.82, 2.24) is 10.6 Å². The number of hydrogen-bond acceptors (Lipinski definition) is 5. The molecule has 0 aromatic heterocycles. The van der Waals surface area contributed by atoms with Crippen LogP contribution in [0.3, 0.4) is 0 Å². The number of anilines is 2. The van der Waals surface area contributed by atoms with Gasteiger partial charge in [-0.15, -0.1) is 0 Å². The lowest BCUT2D eigenvalue weighted by atomic mass is 9.81. The standard InChI is InChI=1S/C28H30F8N4O4/c29-20(30)12-18(24(41)38-14-28(34,35)36)17-6-7-19(22(37)21(17)31)39-25(42)23(16-8-10-27(32,33)11-9-16)40-26(43)44-13-15-4-2-1-3-5-15/h1-7,16,18,20,23H,8-14,37H2,(H,38,41)(H,39,42)(H,40,43). The van der Waals surface area contributed by atoms with Gasteiger partial charge in [0.1, 0.15) is 19.2 Å². The van der Waals surface area contributed by atoms with Crippen LogP contribution in [0.25, 0.3) is 0 Å². The predicted molar refractivity (Wildman–Crippen MR) is 142 cm³/mol. The molecule has 0 heterocycles. The normalized spacial score (nSPS) is 16.6. The largest absolute Gasteiger partial charge is 0.445 e. The monoisotopic (exact) mass is 638 g/mol. The summed E-state index contributed by atoms with van der Waals surface area (Å²) in [4.78, 5) is 38.1. The summed E-state index contributed by atoms with van der Waals surface area (Å²) < 4.78 is 112. The number of alkyl halides is 7. The number of rotatable bonds is 11. The van der Waals surface area contributed by atoms with Gasteiger partial charge in [0, 0.05) is 24.8 Å². The Morgan fingerprint density at radius 1 is 1.00 bits per heavy atom. The van der Waals surface area contributed by atoms with Crippen LogP contribution < -0.4 is 21.7 Å². The lowest BCUT2D eigenvalue weighted by Crippen LogP contribution is -2.50. The summed E-state index contributed by atoms with van der Waals surface area (Å²) in [5.41, 5.74) is 4.40. The number of nitrogens with two attached hydrogens (primary N) is 1. The van der Waals surface area contributed by atoms with Crippen LogP contribution in [0.5, 0.6) is 0 Å². The molecule has 3 rings (SSSR count). The van der Waals surface area contributed by atoms with E-state index in [9.17, 15) is 45.1 Å². The minimum absolute atomic E-state index is 0.158. The number of carbonyl (C=O) groups is 3. The van der Waals surface area contributed by atoms with Crippen molar-refractivity contribution in [3.05, 3.63) is 59.4 Å². The molecular formula is C28H30F8N4O4. The Morgan fingerprint density at radius 2 is 1.64 bits per heavy atom. The van der Waals surface area contributed by atoms with Crippen LogP contribution in [-0.2, 0) is 20.9 Å². The number of amides is 3. The van der Waals surface area contributed by atoms with Gasteiger partial charge in [-0.2, -0.15) is 13.2 Å². The topological polar surface area (TPSA) is 123 Å². The van der Waals surface area contributed by atoms with E-state index in [1.54, 1.807) is 30.3 Å². The number of alkyl carbamates (subject to hydrolysis) is 1. The summed E-state index contributed by atoms with van der Waals surface area (Å²) in [5, 5.41) is 6.06. The molecule has 1 saturated carbocycles. The number of benzene rings is 2. The Kier molecular flexibility index (Phi) is 11.4. The van der Waals surface area contributed by atoms with Gasteiger partial charge in [-0.3, -0.25) is 9.59 Å². The Bertz CT molecular complexity index is 1300. The van der Waals surface area contributed by atoms with Gasteiger partial charge >= 0.3 is 12.3 Å². The van der Waals surface area contributed by atoms with Crippen LogP contribution in [0.1, 0.15) is 49.1 Å². The highest BCUT2D eigenvalue weighted by molar-refractivity contribution is 5.99. The van der Waals surface area contributed by atoms with Crippen LogP contribution in [-0.4, -0.2) is 49.0 Å². The third-order valence-corrected chi connectivity index (χ3v) is 7.04. The molecule has 8 nitrogen and oxygen atoms in total. The molecule has 2 aromatic rings. The number of ether oxygens (including phenoxy) is 1. The van der Waals surface area contributed by atoms with Crippen molar-refractivity contribution in [1.29, 1.82) is 0 Å². The maximum atomic E-state index is 15.3. The van der Waals surface area contributed by atoms with Crippen molar-refractivity contribution in [3.8, 4) is 0 Å². The molecule has 1 fully saturated rings. The van der Waals surface area contributed by atoms with E-state index in [0.29, 0.717) is 5.56 Å². The number of nitrogen functional groups attached to an aromatic ring is 1. The van der Waals surface area contributed by atoms with Gasteiger partial charge in [0.2, 0.25) is 24.2 Å². The maximum absolute atomic E-state index is 15.3. The third kappa shape index (κ3) is 9.98. The van der Waals surface area contributed by atoms with E-state index in [1.165, 1.54) is 5.32 Å². The number of carbonyl (C=O) groups excluding carboxylic acids is 3. The second-order valence-corrected chi connectivity index (χ2v) is 10.3. The van der Waals surface area contributed by atoms with Crippen molar-refractivity contribution in [3.63, 3.8) is 0 Å². The molecule has 0 spiro atoms. The first-order valence-electron chi connectivity index (χ1n) is 13.4. The molecule has 2 atom stereocenters. The number of halogens is 8. The molecule has 0 bridgehead atoms. The van der Waals surface area contributed by atoms with E-state index in [0.717, 1.165) is 12.1 Å². The lowest BCUT2D eigenvalue weighted by Gasteiger charge is -2.33. The third-order valence-electron chi connectivity index (χ3n) is 7.04. The molecule has 2 unspecified atom stereocenters. The van der Waals surface area contributed by atoms with Gasteiger partial charge in [-0.25, -0.2) is 26.7 Å². The zero-order valence-electron chi connectivity index (χ0n) is 23.0. The van der Waals surface area contributed by atoms with Crippen molar-refractivity contribution < 1.29 is 54.2 Å². The summed E-state index contributed by atoms with van der Waals surface area (Å²) in [6.45, 7) is -2.01. The molecule has 1 aliphatic carbocycles. The molecule has 3 amide bonds. The van der Waals surface area contributed by atoms with Crippen LogP contribution in [0.2, 0.25) is 0 Å². The van der Waals surface area contributed by atoms with E-state index < -0.39 is 103 Å². The smallest absolute Gasteiger partial charge is 0.408 e. The fourth-order valence-corrected chi connectivity index (χ4v) is 4.75. The first-order valence-corrected chi connectivity index (χ1v) is 13.4. The average molecular weight is 639 g/mol. The molecule has 2 aromatic carbocycles. The molecule has 0 radical (unpaired) electrons. The van der Waals surface area contributed by atoms with Gasteiger partial charge in [0.25, 0.3) is 0 Å². The Labute approximate surface area is 246 Å². The van der Waals surface area contributed by atoms with Crippen molar-refractivity contribution in [2.24, 2.45) is 5.92 Å². The zero-order valence-corrected chi connectivity index (χ0v) is 23.0. The lowest BCUT2D eigenvalue weighted by molar-refractivity contribution is -0.139. The SMILES string of the molecule is Nc1c(NC(=O)C(NC(=O)OCc2ccccc2)C2CCC(F)(F)CC2)ccc(C(CC(F)F)C(=O)NCC(F)(F)F)c1F. The summed E-state index contributed by atoms with van der Waals surface area (Å²) >= 11 is 0. The summed E-state index contributed by atoms with van der Waals surface area (Å²) in [7, 11) is 0. The van der Waals surface area contributed by atoms with E-state index >= 15 is 4.39 Å². The predicted octanol–water partition coefficient (Wildman–Crippen LogP) is 5.88. The number of hydrogen-bond donors (Lipinski definition) is 4.